The summed E-state index contributed by atoms with van der Waals surface area (Å²) in [6.07, 6.45) is 0. The van der Waals surface area contributed by atoms with Crippen LogP contribution in [0.25, 0.3) is 0 Å². The summed E-state index contributed by atoms with van der Waals surface area (Å²) in [6.45, 7) is 2.47. The van der Waals surface area contributed by atoms with Gasteiger partial charge in [-0.25, -0.2) is 0 Å². The van der Waals surface area contributed by atoms with Gasteiger partial charge in [0.25, 0.3) is 0 Å². The highest BCUT2D eigenvalue weighted by Crippen LogP contribution is 2.11. The summed E-state index contributed by atoms with van der Waals surface area (Å²) in [7, 11) is 1.87. The third kappa shape index (κ3) is 3.53. The molecular formula is C11H15ClN2O. The Bertz CT molecular complexity index is 337. The minimum atomic E-state index is -0.313. The van der Waals surface area contributed by atoms with E-state index < -0.39 is 0 Å². The smallest absolute Gasteiger partial charge is 0.234 e. The van der Waals surface area contributed by atoms with Crippen LogP contribution in [-0.2, 0) is 11.3 Å². The van der Waals surface area contributed by atoms with Crippen LogP contribution in [0.15, 0.2) is 24.3 Å². The van der Waals surface area contributed by atoms with Crippen LogP contribution in [0.4, 0.5) is 0 Å². The van der Waals surface area contributed by atoms with Crippen molar-refractivity contribution in [1.82, 2.24) is 4.90 Å². The Balaban J connectivity index is 2.62. The van der Waals surface area contributed by atoms with Crippen molar-refractivity contribution in [2.45, 2.75) is 19.5 Å². The van der Waals surface area contributed by atoms with Gasteiger partial charge in [-0.15, -0.1) is 0 Å². The number of carbonyl (C=O) groups excluding carboxylic acids is 1. The van der Waals surface area contributed by atoms with E-state index in [0.717, 1.165) is 5.56 Å². The Morgan fingerprint density at radius 1 is 1.47 bits per heavy atom. The van der Waals surface area contributed by atoms with E-state index in [-0.39, 0.29) is 11.9 Å². The van der Waals surface area contributed by atoms with E-state index in [1.54, 1.807) is 6.92 Å². The number of primary amides is 1. The quantitative estimate of drug-likeness (QED) is 0.849. The first-order valence-corrected chi connectivity index (χ1v) is 5.12. The van der Waals surface area contributed by atoms with Crippen molar-refractivity contribution in [3.63, 3.8) is 0 Å². The molecule has 0 fully saturated rings. The average Bonchev–Trinajstić information content (AvgIpc) is 2.20. The molecule has 4 heteroatoms. The molecule has 0 unspecified atom stereocenters. The van der Waals surface area contributed by atoms with Gasteiger partial charge >= 0.3 is 0 Å². The zero-order valence-electron chi connectivity index (χ0n) is 8.90. The molecule has 0 aliphatic heterocycles. The van der Waals surface area contributed by atoms with Crippen molar-refractivity contribution in [3.8, 4) is 0 Å². The molecule has 0 spiro atoms. The van der Waals surface area contributed by atoms with Crippen LogP contribution >= 0.6 is 11.6 Å². The number of hydrogen-bond donors (Lipinski definition) is 1. The fourth-order valence-electron chi connectivity index (χ4n) is 1.23. The normalized spacial score (nSPS) is 12.8. The van der Waals surface area contributed by atoms with E-state index in [1.807, 2.05) is 36.2 Å². The third-order valence-electron chi connectivity index (χ3n) is 2.42. The van der Waals surface area contributed by atoms with Crippen LogP contribution in [0.3, 0.4) is 0 Å². The van der Waals surface area contributed by atoms with Gasteiger partial charge < -0.3 is 5.73 Å². The fraction of sp³-hybridized carbons (Fsp3) is 0.364. The Morgan fingerprint density at radius 2 is 2.00 bits per heavy atom. The molecule has 2 N–H and O–H groups in total. The summed E-state index contributed by atoms with van der Waals surface area (Å²) >= 11 is 5.77. The highest BCUT2D eigenvalue weighted by molar-refractivity contribution is 6.30. The van der Waals surface area contributed by atoms with E-state index in [4.69, 9.17) is 17.3 Å². The summed E-state index contributed by atoms with van der Waals surface area (Å²) in [6, 6.07) is 7.28. The largest absolute Gasteiger partial charge is 0.368 e. The molecule has 82 valence electrons. The van der Waals surface area contributed by atoms with Gasteiger partial charge in [0.1, 0.15) is 0 Å². The van der Waals surface area contributed by atoms with Crippen LogP contribution in [0.2, 0.25) is 5.02 Å². The van der Waals surface area contributed by atoms with Gasteiger partial charge in [0.05, 0.1) is 6.04 Å². The fourth-order valence-corrected chi connectivity index (χ4v) is 1.36. The zero-order chi connectivity index (χ0) is 11.4. The van der Waals surface area contributed by atoms with E-state index in [9.17, 15) is 4.79 Å². The standard InChI is InChI=1S/C11H15ClN2O/c1-8(11(13)15)14(2)7-9-3-5-10(12)6-4-9/h3-6,8H,7H2,1-2H3,(H2,13,15)/t8-/m1/s1. The number of benzene rings is 1. The van der Waals surface area contributed by atoms with E-state index in [1.165, 1.54) is 0 Å². The third-order valence-corrected chi connectivity index (χ3v) is 2.67. The van der Waals surface area contributed by atoms with Crippen molar-refractivity contribution >= 4 is 17.5 Å². The molecule has 0 aliphatic rings. The number of likely N-dealkylation sites (N-methyl/N-ethyl adjacent to an activating group) is 1. The van der Waals surface area contributed by atoms with Gasteiger partial charge in [-0.1, -0.05) is 23.7 Å². The molecule has 1 rings (SSSR count). The molecule has 3 nitrogen and oxygen atoms in total. The molecule has 0 radical (unpaired) electrons. The van der Waals surface area contributed by atoms with Crippen molar-refractivity contribution < 1.29 is 4.79 Å². The van der Waals surface area contributed by atoms with E-state index in [0.29, 0.717) is 11.6 Å². The van der Waals surface area contributed by atoms with Gasteiger partial charge in [0, 0.05) is 11.6 Å². The van der Waals surface area contributed by atoms with Gasteiger partial charge in [0.2, 0.25) is 5.91 Å². The first-order chi connectivity index (χ1) is 7.00. The Kier molecular flexibility index (Phi) is 4.12. The zero-order valence-corrected chi connectivity index (χ0v) is 9.66. The Hall–Kier alpha value is -1.06. The molecular weight excluding hydrogens is 212 g/mol. The molecule has 0 aromatic heterocycles. The van der Waals surface area contributed by atoms with Crippen molar-refractivity contribution in [2.24, 2.45) is 5.73 Å². The highest BCUT2D eigenvalue weighted by atomic mass is 35.5. The summed E-state index contributed by atoms with van der Waals surface area (Å²) in [5, 5.41) is 0.712. The lowest BCUT2D eigenvalue weighted by Gasteiger charge is -2.21. The summed E-state index contributed by atoms with van der Waals surface area (Å²) in [4.78, 5) is 12.8. The lowest BCUT2D eigenvalue weighted by molar-refractivity contribution is -0.122. The molecule has 0 bridgehead atoms. The van der Waals surface area contributed by atoms with Gasteiger partial charge in [0.15, 0.2) is 0 Å². The van der Waals surface area contributed by atoms with Crippen LogP contribution < -0.4 is 5.73 Å². The van der Waals surface area contributed by atoms with Crippen LogP contribution in [0.1, 0.15) is 12.5 Å². The second kappa shape index (κ2) is 5.14. The van der Waals surface area contributed by atoms with E-state index >= 15 is 0 Å². The molecule has 15 heavy (non-hydrogen) atoms. The van der Waals surface area contributed by atoms with Crippen molar-refractivity contribution in [2.75, 3.05) is 7.05 Å². The molecule has 1 amide bonds. The van der Waals surface area contributed by atoms with Crippen molar-refractivity contribution in [3.05, 3.63) is 34.9 Å². The molecule has 0 aliphatic carbocycles. The van der Waals surface area contributed by atoms with Crippen LogP contribution in [0.5, 0.6) is 0 Å². The minimum absolute atomic E-state index is 0.263. The van der Waals surface area contributed by atoms with Gasteiger partial charge in [-0.2, -0.15) is 0 Å². The Labute approximate surface area is 94.8 Å². The molecule has 0 saturated carbocycles. The number of nitrogens with two attached hydrogens (primary N) is 1. The summed E-state index contributed by atoms with van der Waals surface area (Å²) in [5.41, 5.74) is 6.32. The number of amides is 1. The van der Waals surface area contributed by atoms with E-state index in [2.05, 4.69) is 0 Å². The second-order valence-corrected chi connectivity index (χ2v) is 4.06. The molecule has 1 aromatic carbocycles. The number of carbonyl (C=O) groups is 1. The second-order valence-electron chi connectivity index (χ2n) is 3.62. The average molecular weight is 227 g/mol. The summed E-state index contributed by atoms with van der Waals surface area (Å²) < 4.78 is 0. The summed E-state index contributed by atoms with van der Waals surface area (Å²) in [5.74, 6) is -0.313. The van der Waals surface area contributed by atoms with Crippen LogP contribution in [0, 0.1) is 0 Å². The highest BCUT2D eigenvalue weighted by Gasteiger charge is 2.14. The molecule has 0 saturated heterocycles. The molecule has 1 atom stereocenters. The predicted molar refractivity (Wildman–Crippen MR) is 61.6 cm³/mol. The number of halogens is 1. The van der Waals surface area contributed by atoms with Crippen LogP contribution in [-0.4, -0.2) is 23.9 Å². The molecule has 0 heterocycles. The first kappa shape index (κ1) is 12.0. The predicted octanol–water partition coefficient (Wildman–Crippen LogP) is 1.65. The lowest BCUT2D eigenvalue weighted by Crippen LogP contribution is -2.39. The topological polar surface area (TPSA) is 46.3 Å². The lowest BCUT2D eigenvalue weighted by atomic mass is 10.2. The van der Waals surface area contributed by atoms with Gasteiger partial charge in [-0.3, -0.25) is 9.69 Å². The number of nitrogens with zero attached hydrogens (tertiary/aromatic N) is 1. The SMILES string of the molecule is C[C@H](C(N)=O)N(C)Cc1ccc(Cl)cc1. The first-order valence-electron chi connectivity index (χ1n) is 4.74. The van der Waals surface area contributed by atoms with Crippen molar-refractivity contribution in [1.29, 1.82) is 0 Å². The number of rotatable bonds is 4. The monoisotopic (exact) mass is 226 g/mol. The molecule has 1 aromatic rings. The number of hydrogen-bond acceptors (Lipinski definition) is 2. The maximum absolute atomic E-state index is 10.9. The maximum Gasteiger partial charge on any atom is 0.234 e. The minimum Gasteiger partial charge on any atom is -0.368 e. The Morgan fingerprint density at radius 3 is 2.47 bits per heavy atom. The maximum atomic E-state index is 10.9. The van der Waals surface area contributed by atoms with Gasteiger partial charge in [-0.05, 0) is 31.7 Å².